The first kappa shape index (κ1) is 16.3. The summed E-state index contributed by atoms with van der Waals surface area (Å²) >= 11 is 0. The number of phenols is 1. The molecule has 0 saturated carbocycles. The van der Waals surface area contributed by atoms with E-state index in [2.05, 4.69) is 44.0 Å². The van der Waals surface area contributed by atoms with Crippen LogP contribution in [0, 0.1) is 5.41 Å². The highest BCUT2D eigenvalue weighted by atomic mass is 16.3. The Labute approximate surface area is 129 Å². The molecule has 21 heavy (non-hydrogen) atoms. The Morgan fingerprint density at radius 2 is 2.10 bits per heavy atom. The quantitative estimate of drug-likeness (QED) is 0.892. The number of nitrogens with zero attached hydrogens (tertiary/aromatic N) is 1. The van der Waals surface area contributed by atoms with Crippen molar-refractivity contribution in [2.75, 3.05) is 13.1 Å². The average Bonchev–Trinajstić information content (AvgIpc) is 2.38. The van der Waals surface area contributed by atoms with Gasteiger partial charge in [-0.05, 0) is 29.5 Å². The minimum Gasteiger partial charge on any atom is -0.508 e. The van der Waals surface area contributed by atoms with Gasteiger partial charge >= 0.3 is 0 Å². The molecule has 1 aliphatic heterocycles. The number of hydrogen-bond acceptors (Lipinski definition) is 3. The standard InChI is InChI=1S/C18H30N2O/c1-5-7-15-13-20(17(11-19-15)18(2,3)4)12-14-8-6-9-16(21)10-14/h6,8-10,15,17,19,21H,5,7,11-13H2,1-4H3. The number of piperazine rings is 1. The number of phenolic OH excluding ortho intramolecular Hbond substituents is 1. The predicted molar refractivity (Wildman–Crippen MR) is 88.5 cm³/mol. The van der Waals surface area contributed by atoms with Gasteiger partial charge in [-0.1, -0.05) is 46.2 Å². The van der Waals surface area contributed by atoms with Crippen LogP contribution in [0.1, 0.15) is 46.1 Å². The highest BCUT2D eigenvalue weighted by Gasteiger charge is 2.35. The summed E-state index contributed by atoms with van der Waals surface area (Å²) < 4.78 is 0. The second-order valence-electron chi connectivity index (χ2n) is 7.38. The summed E-state index contributed by atoms with van der Waals surface area (Å²) in [5, 5.41) is 13.4. The molecular weight excluding hydrogens is 260 g/mol. The Kier molecular flexibility index (Phi) is 5.28. The second kappa shape index (κ2) is 6.80. The Morgan fingerprint density at radius 3 is 2.71 bits per heavy atom. The second-order valence-corrected chi connectivity index (χ2v) is 7.38. The number of hydrogen-bond donors (Lipinski definition) is 2. The zero-order valence-electron chi connectivity index (χ0n) is 13.9. The van der Waals surface area contributed by atoms with E-state index in [-0.39, 0.29) is 5.41 Å². The van der Waals surface area contributed by atoms with Gasteiger partial charge in [-0.3, -0.25) is 4.90 Å². The van der Waals surface area contributed by atoms with Crippen LogP contribution >= 0.6 is 0 Å². The van der Waals surface area contributed by atoms with Gasteiger partial charge in [0.2, 0.25) is 0 Å². The third-order valence-corrected chi connectivity index (χ3v) is 4.43. The third-order valence-electron chi connectivity index (χ3n) is 4.43. The zero-order chi connectivity index (χ0) is 15.5. The maximum atomic E-state index is 9.67. The number of rotatable bonds is 4. The molecule has 2 rings (SSSR count). The van der Waals surface area contributed by atoms with Crippen molar-refractivity contribution in [1.29, 1.82) is 0 Å². The molecule has 0 aliphatic carbocycles. The molecule has 118 valence electrons. The average molecular weight is 290 g/mol. The van der Waals surface area contributed by atoms with Crippen LogP contribution in [-0.4, -0.2) is 35.2 Å². The van der Waals surface area contributed by atoms with E-state index in [1.165, 1.54) is 18.4 Å². The molecule has 0 spiro atoms. The molecule has 2 unspecified atom stereocenters. The van der Waals surface area contributed by atoms with E-state index in [0.717, 1.165) is 19.6 Å². The molecule has 3 nitrogen and oxygen atoms in total. The van der Waals surface area contributed by atoms with Gasteiger partial charge in [0.05, 0.1) is 0 Å². The molecule has 2 N–H and O–H groups in total. The van der Waals surface area contributed by atoms with Gasteiger partial charge < -0.3 is 10.4 Å². The molecule has 1 aromatic carbocycles. The molecule has 1 aliphatic rings. The SMILES string of the molecule is CCCC1CN(Cc2cccc(O)c2)C(C(C)(C)C)CN1. The lowest BCUT2D eigenvalue weighted by molar-refractivity contribution is 0.0474. The van der Waals surface area contributed by atoms with Crippen molar-refractivity contribution >= 4 is 0 Å². The van der Waals surface area contributed by atoms with Gasteiger partial charge in [0.1, 0.15) is 5.75 Å². The summed E-state index contributed by atoms with van der Waals surface area (Å²) in [6.45, 7) is 12.2. The fraction of sp³-hybridized carbons (Fsp3) is 0.667. The van der Waals surface area contributed by atoms with E-state index in [1.54, 1.807) is 6.07 Å². The van der Waals surface area contributed by atoms with E-state index in [4.69, 9.17) is 0 Å². The first-order chi connectivity index (χ1) is 9.90. The van der Waals surface area contributed by atoms with Crippen LogP contribution < -0.4 is 5.32 Å². The highest BCUT2D eigenvalue weighted by Crippen LogP contribution is 2.28. The van der Waals surface area contributed by atoms with E-state index in [0.29, 0.717) is 17.8 Å². The lowest BCUT2D eigenvalue weighted by Crippen LogP contribution is -2.60. The molecule has 1 aromatic rings. The van der Waals surface area contributed by atoms with Crippen LogP contribution in [0.5, 0.6) is 5.75 Å². The maximum absolute atomic E-state index is 9.67. The topological polar surface area (TPSA) is 35.5 Å². The Bertz CT molecular complexity index is 453. The van der Waals surface area contributed by atoms with Gasteiger partial charge in [-0.25, -0.2) is 0 Å². The Morgan fingerprint density at radius 1 is 1.33 bits per heavy atom. The summed E-state index contributed by atoms with van der Waals surface area (Å²) in [5.74, 6) is 0.361. The third kappa shape index (κ3) is 4.45. The van der Waals surface area contributed by atoms with Crippen LogP contribution in [0.3, 0.4) is 0 Å². The maximum Gasteiger partial charge on any atom is 0.115 e. The van der Waals surface area contributed by atoms with Crippen molar-refractivity contribution in [2.24, 2.45) is 5.41 Å². The first-order valence-corrected chi connectivity index (χ1v) is 8.15. The molecule has 1 saturated heterocycles. The molecule has 3 heteroatoms. The highest BCUT2D eigenvalue weighted by molar-refractivity contribution is 5.27. The predicted octanol–water partition coefficient (Wildman–Crippen LogP) is 3.38. The van der Waals surface area contributed by atoms with Crippen molar-refractivity contribution in [3.63, 3.8) is 0 Å². The molecule has 1 fully saturated rings. The van der Waals surface area contributed by atoms with Gasteiger partial charge in [-0.2, -0.15) is 0 Å². The molecule has 0 bridgehead atoms. The smallest absolute Gasteiger partial charge is 0.115 e. The van der Waals surface area contributed by atoms with E-state index in [9.17, 15) is 5.11 Å². The van der Waals surface area contributed by atoms with Crippen LogP contribution in [0.25, 0.3) is 0 Å². The number of nitrogens with one attached hydrogen (secondary N) is 1. The summed E-state index contributed by atoms with van der Waals surface area (Å²) in [6, 6.07) is 8.77. The molecular formula is C18H30N2O. The molecule has 0 aromatic heterocycles. The van der Waals surface area contributed by atoms with Crippen molar-refractivity contribution < 1.29 is 5.11 Å². The normalized spacial score (nSPS) is 24.2. The summed E-state index contributed by atoms with van der Waals surface area (Å²) in [4.78, 5) is 2.59. The first-order valence-electron chi connectivity index (χ1n) is 8.15. The fourth-order valence-electron chi connectivity index (χ4n) is 3.34. The largest absolute Gasteiger partial charge is 0.508 e. The van der Waals surface area contributed by atoms with Crippen LogP contribution in [0.2, 0.25) is 0 Å². The number of benzene rings is 1. The van der Waals surface area contributed by atoms with Crippen LogP contribution in [0.4, 0.5) is 0 Å². The Balaban J connectivity index is 2.13. The molecule has 0 amide bonds. The lowest BCUT2D eigenvalue weighted by Gasteiger charge is -2.46. The fourth-order valence-corrected chi connectivity index (χ4v) is 3.34. The van der Waals surface area contributed by atoms with Gasteiger partial charge in [0.25, 0.3) is 0 Å². The monoisotopic (exact) mass is 290 g/mol. The lowest BCUT2D eigenvalue weighted by atomic mass is 9.83. The van der Waals surface area contributed by atoms with Crippen molar-refractivity contribution in [3.05, 3.63) is 29.8 Å². The molecule has 2 atom stereocenters. The minimum atomic E-state index is 0.251. The summed E-state index contributed by atoms with van der Waals surface area (Å²) in [5.41, 5.74) is 1.45. The van der Waals surface area contributed by atoms with E-state index in [1.807, 2.05) is 12.1 Å². The zero-order valence-corrected chi connectivity index (χ0v) is 13.9. The minimum absolute atomic E-state index is 0.251. The number of aromatic hydroxyl groups is 1. The van der Waals surface area contributed by atoms with Crippen molar-refractivity contribution in [2.45, 2.75) is 59.2 Å². The van der Waals surface area contributed by atoms with Gasteiger partial charge in [-0.15, -0.1) is 0 Å². The summed E-state index contributed by atoms with van der Waals surface area (Å²) in [7, 11) is 0. The van der Waals surface area contributed by atoms with E-state index >= 15 is 0 Å². The van der Waals surface area contributed by atoms with Crippen LogP contribution in [0.15, 0.2) is 24.3 Å². The van der Waals surface area contributed by atoms with Crippen molar-refractivity contribution in [3.8, 4) is 5.75 Å². The molecule has 1 heterocycles. The van der Waals surface area contributed by atoms with Crippen LogP contribution in [-0.2, 0) is 6.54 Å². The van der Waals surface area contributed by atoms with E-state index < -0.39 is 0 Å². The van der Waals surface area contributed by atoms with Gasteiger partial charge in [0, 0.05) is 31.7 Å². The van der Waals surface area contributed by atoms with Gasteiger partial charge in [0.15, 0.2) is 0 Å². The van der Waals surface area contributed by atoms with Crippen molar-refractivity contribution in [1.82, 2.24) is 10.2 Å². The Hall–Kier alpha value is -1.06. The summed E-state index contributed by atoms with van der Waals surface area (Å²) in [6.07, 6.45) is 2.45. The molecule has 0 radical (unpaired) electrons.